The van der Waals surface area contributed by atoms with E-state index < -0.39 is 0 Å². The van der Waals surface area contributed by atoms with Crippen molar-refractivity contribution in [3.05, 3.63) is 71.2 Å². The van der Waals surface area contributed by atoms with Gasteiger partial charge in [-0.1, -0.05) is 24.3 Å². The molecule has 0 unspecified atom stereocenters. The van der Waals surface area contributed by atoms with Crippen molar-refractivity contribution in [2.45, 2.75) is 26.8 Å². The Kier molecular flexibility index (Phi) is 6.75. The molecule has 0 saturated carbocycles. The normalized spacial score (nSPS) is 14.9. The Bertz CT molecular complexity index is 1120. The molecule has 166 valence electrons. The van der Waals surface area contributed by atoms with Crippen LogP contribution in [0.2, 0.25) is 0 Å². The molecule has 0 radical (unpaired) electrons. The number of ether oxygens (including phenoxy) is 1. The molecule has 0 N–H and O–H groups in total. The van der Waals surface area contributed by atoms with Gasteiger partial charge in [0.15, 0.2) is 0 Å². The SMILES string of the molecule is CCOC(=O)c1c(CN2CCCN(C(=O)c3ccccn3)CC2)nc2ccccc2c1C. The van der Waals surface area contributed by atoms with Crippen LogP contribution in [0, 0.1) is 6.92 Å². The van der Waals surface area contributed by atoms with Crippen LogP contribution in [-0.2, 0) is 11.3 Å². The van der Waals surface area contributed by atoms with Crippen molar-refractivity contribution >= 4 is 22.8 Å². The Morgan fingerprint density at radius 3 is 2.62 bits per heavy atom. The molecule has 0 atom stereocenters. The molecule has 3 heterocycles. The van der Waals surface area contributed by atoms with Crippen molar-refractivity contribution in [2.24, 2.45) is 0 Å². The van der Waals surface area contributed by atoms with E-state index in [9.17, 15) is 9.59 Å². The summed E-state index contributed by atoms with van der Waals surface area (Å²) < 4.78 is 5.35. The molecule has 1 fully saturated rings. The molecule has 0 aliphatic carbocycles. The predicted octanol–water partition coefficient (Wildman–Crippen LogP) is 3.46. The lowest BCUT2D eigenvalue weighted by Crippen LogP contribution is -2.35. The maximum Gasteiger partial charge on any atom is 0.340 e. The molecular formula is C25H28N4O3. The third-order valence-electron chi connectivity index (χ3n) is 5.84. The van der Waals surface area contributed by atoms with Gasteiger partial charge in [-0.3, -0.25) is 19.7 Å². The molecule has 7 heteroatoms. The molecule has 1 saturated heterocycles. The van der Waals surface area contributed by atoms with E-state index in [-0.39, 0.29) is 11.9 Å². The van der Waals surface area contributed by atoms with E-state index >= 15 is 0 Å². The zero-order chi connectivity index (χ0) is 22.5. The molecule has 32 heavy (non-hydrogen) atoms. The van der Waals surface area contributed by atoms with E-state index in [1.54, 1.807) is 18.3 Å². The van der Waals surface area contributed by atoms with Gasteiger partial charge in [-0.05, 0) is 44.0 Å². The predicted molar refractivity (Wildman–Crippen MR) is 122 cm³/mol. The molecule has 3 aromatic rings. The highest BCUT2D eigenvalue weighted by molar-refractivity contribution is 5.98. The molecule has 1 aliphatic heterocycles. The lowest BCUT2D eigenvalue weighted by molar-refractivity contribution is 0.0522. The minimum atomic E-state index is -0.333. The smallest absolute Gasteiger partial charge is 0.340 e. The van der Waals surface area contributed by atoms with Crippen molar-refractivity contribution in [1.82, 2.24) is 19.8 Å². The standard InChI is InChI=1S/C25H28N4O3/c1-3-32-25(31)23-18(2)19-9-4-5-10-20(19)27-22(23)17-28-13-8-14-29(16-15-28)24(30)21-11-6-7-12-26-21/h4-7,9-12H,3,8,13-17H2,1-2H3. The monoisotopic (exact) mass is 432 g/mol. The number of hydrogen-bond acceptors (Lipinski definition) is 6. The summed E-state index contributed by atoms with van der Waals surface area (Å²) in [5, 5.41) is 0.960. The Hall–Kier alpha value is -3.32. The molecule has 2 aromatic heterocycles. The van der Waals surface area contributed by atoms with E-state index in [2.05, 4.69) is 9.88 Å². The number of hydrogen-bond donors (Lipinski definition) is 0. The number of esters is 1. The van der Waals surface area contributed by atoms with Crippen molar-refractivity contribution in [1.29, 1.82) is 0 Å². The van der Waals surface area contributed by atoms with Crippen LogP contribution in [0.4, 0.5) is 0 Å². The second kappa shape index (κ2) is 9.87. The fourth-order valence-electron chi connectivity index (χ4n) is 4.22. The second-order valence-electron chi connectivity index (χ2n) is 7.93. The number of aromatic nitrogens is 2. The van der Waals surface area contributed by atoms with Crippen LogP contribution in [0.5, 0.6) is 0 Å². The van der Waals surface area contributed by atoms with Crippen LogP contribution < -0.4 is 0 Å². The van der Waals surface area contributed by atoms with E-state index in [0.29, 0.717) is 44.0 Å². The third kappa shape index (κ3) is 4.62. The van der Waals surface area contributed by atoms with Crippen LogP contribution in [0.1, 0.15) is 45.4 Å². The van der Waals surface area contributed by atoms with E-state index in [4.69, 9.17) is 9.72 Å². The summed E-state index contributed by atoms with van der Waals surface area (Å²) in [6.07, 6.45) is 2.49. The second-order valence-corrected chi connectivity index (χ2v) is 7.93. The van der Waals surface area contributed by atoms with Gasteiger partial charge in [0.2, 0.25) is 0 Å². The Labute approximate surface area is 188 Å². The number of pyridine rings is 2. The minimum Gasteiger partial charge on any atom is -0.462 e. The van der Waals surface area contributed by atoms with Gasteiger partial charge in [-0.2, -0.15) is 0 Å². The first-order chi connectivity index (χ1) is 15.6. The van der Waals surface area contributed by atoms with Gasteiger partial charge in [0, 0.05) is 44.3 Å². The topological polar surface area (TPSA) is 75.6 Å². The number of rotatable bonds is 5. The zero-order valence-electron chi connectivity index (χ0n) is 18.6. The molecule has 0 bridgehead atoms. The highest BCUT2D eigenvalue weighted by atomic mass is 16.5. The van der Waals surface area contributed by atoms with Crippen LogP contribution in [0.25, 0.3) is 10.9 Å². The van der Waals surface area contributed by atoms with Crippen LogP contribution in [0.15, 0.2) is 48.7 Å². The number of carbonyl (C=O) groups excluding carboxylic acids is 2. The Morgan fingerprint density at radius 2 is 1.84 bits per heavy atom. The number of benzene rings is 1. The molecule has 7 nitrogen and oxygen atoms in total. The highest BCUT2D eigenvalue weighted by Crippen LogP contribution is 2.25. The number of amides is 1. The maximum atomic E-state index is 12.8. The van der Waals surface area contributed by atoms with Gasteiger partial charge in [0.05, 0.1) is 23.4 Å². The van der Waals surface area contributed by atoms with Gasteiger partial charge in [-0.15, -0.1) is 0 Å². The number of nitrogens with zero attached hydrogens (tertiary/aromatic N) is 4. The maximum absolute atomic E-state index is 12.8. The number of aryl methyl sites for hydroxylation is 1. The fourth-order valence-corrected chi connectivity index (χ4v) is 4.22. The largest absolute Gasteiger partial charge is 0.462 e. The number of para-hydroxylation sites is 1. The summed E-state index contributed by atoms with van der Waals surface area (Å²) in [4.78, 5) is 38.7. The van der Waals surface area contributed by atoms with Gasteiger partial charge < -0.3 is 9.64 Å². The van der Waals surface area contributed by atoms with Gasteiger partial charge in [0.25, 0.3) is 5.91 Å². The highest BCUT2D eigenvalue weighted by Gasteiger charge is 2.24. The van der Waals surface area contributed by atoms with Crippen LogP contribution in [-0.4, -0.2) is 64.4 Å². The molecule has 1 aliphatic rings. The van der Waals surface area contributed by atoms with Gasteiger partial charge in [-0.25, -0.2) is 4.79 Å². The van der Waals surface area contributed by atoms with Crippen LogP contribution in [0.3, 0.4) is 0 Å². The molecule has 1 aromatic carbocycles. The number of carbonyl (C=O) groups is 2. The van der Waals surface area contributed by atoms with E-state index in [1.165, 1.54) is 0 Å². The average molecular weight is 433 g/mol. The fraction of sp³-hybridized carbons (Fsp3) is 0.360. The summed E-state index contributed by atoms with van der Waals surface area (Å²) in [7, 11) is 0. The first-order valence-electron chi connectivity index (χ1n) is 11.1. The first-order valence-corrected chi connectivity index (χ1v) is 11.1. The van der Waals surface area contributed by atoms with Crippen molar-refractivity contribution in [3.63, 3.8) is 0 Å². The molecule has 4 rings (SSSR count). The summed E-state index contributed by atoms with van der Waals surface area (Å²) >= 11 is 0. The van der Waals surface area contributed by atoms with E-state index in [0.717, 1.165) is 35.1 Å². The van der Waals surface area contributed by atoms with Gasteiger partial charge in [0.1, 0.15) is 5.69 Å². The van der Waals surface area contributed by atoms with Crippen LogP contribution >= 0.6 is 0 Å². The zero-order valence-corrected chi connectivity index (χ0v) is 18.6. The Morgan fingerprint density at radius 1 is 1.03 bits per heavy atom. The van der Waals surface area contributed by atoms with Crippen molar-refractivity contribution in [2.75, 3.05) is 32.8 Å². The quantitative estimate of drug-likeness (QED) is 0.575. The summed E-state index contributed by atoms with van der Waals surface area (Å²) in [5.74, 6) is -0.376. The number of fused-ring (bicyclic) bond motifs is 1. The summed E-state index contributed by atoms with van der Waals surface area (Å²) in [6, 6.07) is 13.2. The summed E-state index contributed by atoms with van der Waals surface area (Å²) in [5.41, 5.74) is 3.51. The van der Waals surface area contributed by atoms with E-state index in [1.807, 2.05) is 49.1 Å². The van der Waals surface area contributed by atoms with Gasteiger partial charge >= 0.3 is 5.97 Å². The lowest BCUT2D eigenvalue weighted by atomic mass is 10.0. The minimum absolute atomic E-state index is 0.0423. The average Bonchev–Trinajstić information content (AvgIpc) is 3.05. The third-order valence-corrected chi connectivity index (χ3v) is 5.84. The molecule has 1 amide bonds. The van der Waals surface area contributed by atoms with Crippen molar-refractivity contribution < 1.29 is 14.3 Å². The lowest BCUT2D eigenvalue weighted by Gasteiger charge is -2.23. The summed E-state index contributed by atoms with van der Waals surface area (Å²) in [6.45, 7) is 7.43. The molecular weight excluding hydrogens is 404 g/mol. The molecule has 0 spiro atoms. The van der Waals surface area contributed by atoms with Crippen molar-refractivity contribution in [3.8, 4) is 0 Å². The first kappa shape index (κ1) is 21.9. The Balaban J connectivity index is 1.56.